The minimum absolute atomic E-state index is 0. The summed E-state index contributed by atoms with van der Waals surface area (Å²) in [6.45, 7) is 12.6. The fourth-order valence-electron chi connectivity index (χ4n) is 3.46. The van der Waals surface area contributed by atoms with E-state index in [1.165, 1.54) is 0 Å². The van der Waals surface area contributed by atoms with E-state index in [-0.39, 0.29) is 36.0 Å². The average Bonchev–Trinajstić information content (AvgIpc) is 2.74. The first-order valence-electron chi connectivity index (χ1n) is 11.2. The molecule has 0 radical (unpaired) electrons. The van der Waals surface area contributed by atoms with Crippen molar-refractivity contribution in [3.05, 3.63) is 35.4 Å². The van der Waals surface area contributed by atoms with Crippen LogP contribution in [-0.2, 0) is 11.3 Å². The Balaban J connectivity index is 0.00000480. The standard InChI is InChI=1S/C23H39N5O2.HI/c1-5-6-11-25-22(29)20-9-7-19(8-10-20)14-26-23(24-4)27-15-21-17-28(12-13-30-21)16-18(2)3;/h7-10,18,21H,5-6,11-17H2,1-4H3,(H,25,29)(H2,24,26,27);1H. The molecular weight excluding hydrogens is 505 g/mol. The molecule has 1 saturated heterocycles. The first-order chi connectivity index (χ1) is 14.5. The number of halogens is 1. The van der Waals surface area contributed by atoms with Crippen molar-refractivity contribution in [2.75, 3.05) is 46.4 Å². The maximum absolute atomic E-state index is 12.1. The molecule has 0 aliphatic carbocycles. The number of hydrogen-bond donors (Lipinski definition) is 3. The van der Waals surface area contributed by atoms with Gasteiger partial charge in [-0.2, -0.15) is 0 Å². The molecule has 3 N–H and O–H groups in total. The Bertz CT molecular complexity index is 666. The number of ether oxygens (including phenoxy) is 1. The minimum atomic E-state index is -0.0144. The van der Waals surface area contributed by atoms with Crippen LogP contribution in [0, 0.1) is 5.92 Å². The first-order valence-corrected chi connectivity index (χ1v) is 11.2. The predicted octanol–water partition coefficient (Wildman–Crippen LogP) is 2.86. The highest BCUT2D eigenvalue weighted by molar-refractivity contribution is 14.0. The molecule has 31 heavy (non-hydrogen) atoms. The van der Waals surface area contributed by atoms with Crippen molar-refractivity contribution in [3.8, 4) is 0 Å². The van der Waals surface area contributed by atoms with Crippen molar-refractivity contribution in [2.24, 2.45) is 10.9 Å². The average molecular weight is 546 g/mol. The zero-order chi connectivity index (χ0) is 21.8. The summed E-state index contributed by atoms with van der Waals surface area (Å²) in [5.74, 6) is 1.40. The third kappa shape index (κ3) is 10.7. The lowest BCUT2D eigenvalue weighted by atomic mass is 10.1. The molecule has 1 atom stereocenters. The van der Waals surface area contributed by atoms with Gasteiger partial charge in [0, 0.05) is 51.9 Å². The number of rotatable bonds is 10. The van der Waals surface area contributed by atoms with Crippen molar-refractivity contribution < 1.29 is 9.53 Å². The summed E-state index contributed by atoms with van der Waals surface area (Å²) in [7, 11) is 1.77. The molecule has 1 aliphatic rings. The molecule has 1 amide bonds. The van der Waals surface area contributed by atoms with E-state index in [1.54, 1.807) is 7.05 Å². The Hall–Kier alpha value is -1.39. The third-order valence-corrected chi connectivity index (χ3v) is 5.06. The van der Waals surface area contributed by atoms with Gasteiger partial charge in [0.15, 0.2) is 5.96 Å². The summed E-state index contributed by atoms with van der Waals surface area (Å²) < 4.78 is 5.89. The van der Waals surface area contributed by atoms with Crippen LogP contribution in [0.2, 0.25) is 0 Å². The van der Waals surface area contributed by atoms with E-state index >= 15 is 0 Å². The number of nitrogens with zero attached hydrogens (tertiary/aromatic N) is 2. The smallest absolute Gasteiger partial charge is 0.251 e. The van der Waals surface area contributed by atoms with Crippen LogP contribution in [0.1, 0.15) is 49.5 Å². The maximum atomic E-state index is 12.1. The molecule has 0 saturated carbocycles. The number of carbonyl (C=O) groups is 1. The van der Waals surface area contributed by atoms with Crippen LogP contribution in [0.25, 0.3) is 0 Å². The molecule has 1 aromatic rings. The van der Waals surface area contributed by atoms with Gasteiger partial charge in [-0.3, -0.25) is 14.7 Å². The molecular formula is C23H40IN5O2. The Morgan fingerprint density at radius 1 is 1.23 bits per heavy atom. The zero-order valence-corrected chi connectivity index (χ0v) is 21.8. The predicted molar refractivity (Wildman–Crippen MR) is 138 cm³/mol. The van der Waals surface area contributed by atoms with Gasteiger partial charge in [0.05, 0.1) is 12.7 Å². The second kappa shape index (κ2) is 15.4. The largest absolute Gasteiger partial charge is 0.374 e. The van der Waals surface area contributed by atoms with Crippen LogP contribution in [-0.4, -0.2) is 69.2 Å². The lowest BCUT2D eigenvalue weighted by Gasteiger charge is -2.34. The van der Waals surface area contributed by atoms with Crippen LogP contribution < -0.4 is 16.0 Å². The molecule has 1 aromatic carbocycles. The molecule has 1 unspecified atom stereocenters. The van der Waals surface area contributed by atoms with Crippen molar-refractivity contribution in [2.45, 2.75) is 46.3 Å². The van der Waals surface area contributed by atoms with Gasteiger partial charge in [-0.25, -0.2) is 0 Å². The quantitative estimate of drug-likeness (QED) is 0.183. The summed E-state index contributed by atoms with van der Waals surface area (Å²) in [5.41, 5.74) is 1.79. The maximum Gasteiger partial charge on any atom is 0.251 e. The molecule has 1 heterocycles. The third-order valence-electron chi connectivity index (χ3n) is 5.06. The van der Waals surface area contributed by atoms with Crippen LogP contribution in [0.3, 0.4) is 0 Å². The fourth-order valence-corrected chi connectivity index (χ4v) is 3.46. The Morgan fingerprint density at radius 2 is 1.97 bits per heavy atom. The molecule has 0 aromatic heterocycles. The number of carbonyl (C=O) groups excluding carboxylic acids is 1. The SMILES string of the molecule is CCCCNC(=O)c1ccc(CNC(=NC)NCC2CN(CC(C)C)CCO2)cc1.I. The number of nitrogens with one attached hydrogen (secondary N) is 3. The van der Waals surface area contributed by atoms with E-state index in [0.29, 0.717) is 18.0 Å². The van der Waals surface area contributed by atoms with Crippen LogP contribution in [0.15, 0.2) is 29.3 Å². The second-order valence-electron chi connectivity index (χ2n) is 8.26. The topological polar surface area (TPSA) is 78.0 Å². The normalized spacial score (nSPS) is 17.2. The zero-order valence-electron chi connectivity index (χ0n) is 19.4. The van der Waals surface area contributed by atoms with E-state index in [4.69, 9.17) is 4.74 Å². The molecule has 0 bridgehead atoms. The second-order valence-corrected chi connectivity index (χ2v) is 8.26. The number of aliphatic imine (C=N–C) groups is 1. The summed E-state index contributed by atoms with van der Waals surface area (Å²) in [6, 6.07) is 7.69. The van der Waals surface area contributed by atoms with E-state index < -0.39 is 0 Å². The monoisotopic (exact) mass is 545 g/mol. The summed E-state index contributed by atoms with van der Waals surface area (Å²) in [5, 5.41) is 9.63. The first kappa shape index (κ1) is 27.6. The number of benzene rings is 1. The van der Waals surface area contributed by atoms with Crippen LogP contribution >= 0.6 is 24.0 Å². The Labute approximate surface area is 204 Å². The van der Waals surface area contributed by atoms with E-state index in [0.717, 1.165) is 63.7 Å². The molecule has 1 aliphatic heterocycles. The number of hydrogen-bond acceptors (Lipinski definition) is 4. The molecule has 2 rings (SSSR count). The van der Waals surface area contributed by atoms with Gasteiger partial charge in [0.1, 0.15) is 0 Å². The molecule has 7 nitrogen and oxygen atoms in total. The highest BCUT2D eigenvalue weighted by atomic mass is 127. The van der Waals surface area contributed by atoms with Gasteiger partial charge in [0.2, 0.25) is 0 Å². The number of amides is 1. The van der Waals surface area contributed by atoms with Gasteiger partial charge in [-0.05, 0) is 30.0 Å². The molecule has 1 fully saturated rings. The van der Waals surface area contributed by atoms with Gasteiger partial charge < -0.3 is 20.7 Å². The summed E-state index contributed by atoms with van der Waals surface area (Å²) in [4.78, 5) is 18.9. The van der Waals surface area contributed by atoms with Crippen molar-refractivity contribution in [1.82, 2.24) is 20.9 Å². The molecule has 176 valence electrons. The lowest BCUT2D eigenvalue weighted by Crippen LogP contribution is -2.50. The van der Waals surface area contributed by atoms with Crippen LogP contribution in [0.5, 0.6) is 0 Å². The molecule has 8 heteroatoms. The van der Waals surface area contributed by atoms with Crippen molar-refractivity contribution >= 4 is 35.8 Å². The number of morpholine rings is 1. The van der Waals surface area contributed by atoms with Gasteiger partial charge >= 0.3 is 0 Å². The molecule has 0 spiro atoms. The van der Waals surface area contributed by atoms with Crippen LogP contribution in [0.4, 0.5) is 0 Å². The summed E-state index contributed by atoms with van der Waals surface area (Å²) >= 11 is 0. The van der Waals surface area contributed by atoms with Gasteiger partial charge in [-0.1, -0.05) is 39.3 Å². The Kier molecular flexibility index (Phi) is 13.7. The lowest BCUT2D eigenvalue weighted by molar-refractivity contribution is -0.0284. The Morgan fingerprint density at radius 3 is 2.61 bits per heavy atom. The van der Waals surface area contributed by atoms with Crippen molar-refractivity contribution in [3.63, 3.8) is 0 Å². The van der Waals surface area contributed by atoms with Crippen molar-refractivity contribution in [1.29, 1.82) is 0 Å². The number of unbranched alkanes of at least 4 members (excludes halogenated alkanes) is 1. The van der Waals surface area contributed by atoms with E-state index in [2.05, 4.69) is 46.6 Å². The highest BCUT2D eigenvalue weighted by Crippen LogP contribution is 2.08. The number of guanidine groups is 1. The fraction of sp³-hybridized carbons (Fsp3) is 0.652. The van der Waals surface area contributed by atoms with E-state index in [1.807, 2.05) is 24.3 Å². The minimum Gasteiger partial charge on any atom is -0.374 e. The van der Waals surface area contributed by atoms with Gasteiger partial charge in [-0.15, -0.1) is 24.0 Å². The summed E-state index contributed by atoms with van der Waals surface area (Å²) in [6.07, 6.45) is 2.24. The highest BCUT2D eigenvalue weighted by Gasteiger charge is 2.21. The van der Waals surface area contributed by atoms with E-state index in [9.17, 15) is 4.79 Å². The van der Waals surface area contributed by atoms with Gasteiger partial charge in [0.25, 0.3) is 5.91 Å².